The highest BCUT2D eigenvalue weighted by Crippen LogP contribution is 2.32. The van der Waals surface area contributed by atoms with Gasteiger partial charge in [-0.25, -0.2) is 0 Å². The lowest BCUT2D eigenvalue weighted by Crippen LogP contribution is -2.41. The summed E-state index contributed by atoms with van der Waals surface area (Å²) in [5.41, 5.74) is 0.839. The van der Waals surface area contributed by atoms with E-state index < -0.39 is 0 Å². The predicted molar refractivity (Wildman–Crippen MR) is 83.0 cm³/mol. The Morgan fingerprint density at radius 1 is 1.24 bits per heavy atom. The molecule has 0 bridgehead atoms. The fourth-order valence-electron chi connectivity index (χ4n) is 1.88. The molecule has 2 rings (SSSR count). The van der Waals surface area contributed by atoms with Gasteiger partial charge in [-0.1, -0.05) is 20.8 Å². The second-order valence-electron chi connectivity index (χ2n) is 6.38. The molecule has 1 aromatic rings. The lowest BCUT2D eigenvalue weighted by Gasteiger charge is -2.28. The molecular weight excluding hydrogens is 268 g/mol. The Hall–Kier alpha value is -1.75. The number of ether oxygens (including phenoxy) is 2. The third-order valence-corrected chi connectivity index (χ3v) is 3.69. The molecule has 0 saturated carbocycles. The Kier molecular flexibility index (Phi) is 4.73. The van der Waals surface area contributed by atoms with E-state index in [0.29, 0.717) is 19.0 Å². The number of anilines is 1. The maximum absolute atomic E-state index is 12.0. The highest BCUT2D eigenvalue weighted by atomic mass is 16.6. The highest BCUT2D eigenvalue weighted by Gasteiger charge is 2.20. The summed E-state index contributed by atoms with van der Waals surface area (Å²) in [6.07, 6.45) is 0. The van der Waals surface area contributed by atoms with E-state index in [2.05, 4.69) is 38.3 Å². The molecule has 5 nitrogen and oxygen atoms in total. The molecule has 1 heterocycles. The molecule has 1 aliphatic heterocycles. The fraction of sp³-hybridized carbons (Fsp3) is 0.562. The Morgan fingerprint density at radius 3 is 2.57 bits per heavy atom. The third kappa shape index (κ3) is 4.36. The molecule has 1 aromatic carbocycles. The lowest BCUT2D eigenvalue weighted by atomic mass is 9.88. The van der Waals surface area contributed by atoms with Crippen LogP contribution in [0.2, 0.25) is 0 Å². The molecule has 1 amide bonds. The van der Waals surface area contributed by atoms with Crippen LogP contribution in [0.1, 0.15) is 27.7 Å². The highest BCUT2D eigenvalue weighted by molar-refractivity contribution is 5.92. The molecule has 116 valence electrons. The Bertz CT molecular complexity index is 509. The number of fused-ring (bicyclic) bond motifs is 1. The van der Waals surface area contributed by atoms with Gasteiger partial charge in [-0.15, -0.1) is 0 Å². The summed E-state index contributed by atoms with van der Waals surface area (Å²) in [7, 11) is 0. The third-order valence-electron chi connectivity index (χ3n) is 3.69. The summed E-state index contributed by atoms with van der Waals surface area (Å²) in [5, 5.41) is 6.10. The van der Waals surface area contributed by atoms with E-state index in [9.17, 15) is 4.79 Å². The number of carbonyl (C=O) groups excluding carboxylic acids is 1. The smallest absolute Gasteiger partial charge is 0.238 e. The van der Waals surface area contributed by atoms with Crippen LogP contribution in [-0.2, 0) is 4.79 Å². The molecule has 2 N–H and O–H groups in total. The number of nitrogens with one attached hydrogen (secondary N) is 2. The number of hydrogen-bond acceptors (Lipinski definition) is 4. The van der Waals surface area contributed by atoms with E-state index in [0.717, 1.165) is 11.4 Å². The first-order chi connectivity index (χ1) is 9.86. The predicted octanol–water partition coefficient (Wildman–Crippen LogP) is 2.42. The number of hydrogen-bond donors (Lipinski definition) is 2. The van der Waals surface area contributed by atoms with Crippen molar-refractivity contribution in [2.75, 3.05) is 25.1 Å². The fourth-order valence-corrected chi connectivity index (χ4v) is 1.88. The minimum Gasteiger partial charge on any atom is -0.486 e. The molecule has 0 spiro atoms. The zero-order chi connectivity index (χ0) is 15.5. The molecule has 0 aliphatic carbocycles. The Labute approximate surface area is 126 Å². The van der Waals surface area contributed by atoms with Crippen molar-refractivity contribution in [3.8, 4) is 11.5 Å². The molecule has 1 unspecified atom stereocenters. The number of rotatable bonds is 4. The summed E-state index contributed by atoms with van der Waals surface area (Å²) in [5.74, 6) is 1.33. The summed E-state index contributed by atoms with van der Waals surface area (Å²) in [6, 6.07) is 5.68. The van der Waals surface area contributed by atoms with Crippen molar-refractivity contribution in [3.05, 3.63) is 18.2 Å². The van der Waals surface area contributed by atoms with Crippen LogP contribution < -0.4 is 20.1 Å². The first kappa shape index (κ1) is 15.6. The van der Waals surface area contributed by atoms with E-state index in [1.807, 2.05) is 12.1 Å². The van der Waals surface area contributed by atoms with Gasteiger partial charge in [-0.3, -0.25) is 4.79 Å². The van der Waals surface area contributed by atoms with Gasteiger partial charge in [0.05, 0.1) is 6.54 Å². The topological polar surface area (TPSA) is 59.6 Å². The van der Waals surface area contributed by atoms with Gasteiger partial charge < -0.3 is 20.1 Å². The van der Waals surface area contributed by atoms with Crippen molar-refractivity contribution in [1.29, 1.82) is 0 Å². The molecule has 0 aromatic heterocycles. The van der Waals surface area contributed by atoms with E-state index >= 15 is 0 Å². The zero-order valence-electron chi connectivity index (χ0n) is 13.2. The first-order valence-corrected chi connectivity index (χ1v) is 7.29. The van der Waals surface area contributed by atoms with Crippen LogP contribution in [0.15, 0.2) is 18.2 Å². The van der Waals surface area contributed by atoms with Crippen molar-refractivity contribution < 1.29 is 14.3 Å². The van der Waals surface area contributed by atoms with Gasteiger partial charge in [0.2, 0.25) is 5.91 Å². The molecule has 0 saturated heterocycles. The lowest BCUT2D eigenvalue weighted by molar-refractivity contribution is -0.115. The molecule has 1 aliphatic rings. The normalized spacial score (nSPS) is 15.4. The van der Waals surface area contributed by atoms with Crippen LogP contribution in [0.25, 0.3) is 0 Å². The van der Waals surface area contributed by atoms with Gasteiger partial charge in [-0.2, -0.15) is 0 Å². The van der Waals surface area contributed by atoms with Crippen LogP contribution in [-0.4, -0.2) is 31.7 Å². The number of carbonyl (C=O) groups is 1. The first-order valence-electron chi connectivity index (χ1n) is 7.29. The van der Waals surface area contributed by atoms with Crippen molar-refractivity contribution >= 4 is 11.6 Å². The number of amides is 1. The van der Waals surface area contributed by atoms with Gasteiger partial charge >= 0.3 is 0 Å². The van der Waals surface area contributed by atoms with Crippen LogP contribution in [0.4, 0.5) is 5.69 Å². The van der Waals surface area contributed by atoms with Gasteiger partial charge in [0.15, 0.2) is 11.5 Å². The molecule has 0 radical (unpaired) electrons. The molecule has 1 atom stereocenters. The largest absolute Gasteiger partial charge is 0.486 e. The van der Waals surface area contributed by atoms with E-state index in [4.69, 9.17) is 9.47 Å². The standard InChI is InChI=1S/C16H24N2O3/c1-11(16(2,3)4)17-10-15(19)18-12-5-6-13-14(9-12)21-8-7-20-13/h5-6,9,11,17H,7-8,10H2,1-4H3,(H,18,19). The van der Waals surface area contributed by atoms with Crippen molar-refractivity contribution in [2.45, 2.75) is 33.7 Å². The summed E-state index contributed by atoms with van der Waals surface area (Å²) >= 11 is 0. The minimum atomic E-state index is -0.0669. The van der Waals surface area contributed by atoms with Gasteiger partial charge in [-0.05, 0) is 24.5 Å². The summed E-state index contributed by atoms with van der Waals surface area (Å²) < 4.78 is 10.9. The molecule has 0 fully saturated rings. The van der Waals surface area contributed by atoms with Crippen LogP contribution >= 0.6 is 0 Å². The van der Waals surface area contributed by atoms with Crippen molar-refractivity contribution in [1.82, 2.24) is 5.32 Å². The van der Waals surface area contributed by atoms with Gasteiger partial charge in [0.25, 0.3) is 0 Å². The van der Waals surface area contributed by atoms with Crippen molar-refractivity contribution in [3.63, 3.8) is 0 Å². The van der Waals surface area contributed by atoms with E-state index in [-0.39, 0.29) is 23.9 Å². The number of benzene rings is 1. The van der Waals surface area contributed by atoms with E-state index in [1.165, 1.54) is 0 Å². The van der Waals surface area contributed by atoms with Gasteiger partial charge in [0, 0.05) is 17.8 Å². The van der Waals surface area contributed by atoms with E-state index in [1.54, 1.807) is 6.07 Å². The molecular formula is C16H24N2O3. The second kappa shape index (κ2) is 6.35. The molecule has 21 heavy (non-hydrogen) atoms. The quantitative estimate of drug-likeness (QED) is 0.895. The minimum absolute atomic E-state index is 0.0669. The van der Waals surface area contributed by atoms with Crippen LogP contribution in [0, 0.1) is 5.41 Å². The average Bonchev–Trinajstić information content (AvgIpc) is 2.43. The van der Waals surface area contributed by atoms with Gasteiger partial charge in [0.1, 0.15) is 13.2 Å². The Morgan fingerprint density at radius 2 is 1.90 bits per heavy atom. The maximum Gasteiger partial charge on any atom is 0.238 e. The molecule has 5 heteroatoms. The summed E-state index contributed by atoms with van der Waals surface area (Å²) in [6.45, 7) is 9.89. The zero-order valence-corrected chi connectivity index (χ0v) is 13.2. The summed E-state index contributed by atoms with van der Waals surface area (Å²) in [4.78, 5) is 12.0. The Balaban J connectivity index is 1.88. The average molecular weight is 292 g/mol. The van der Waals surface area contributed by atoms with Crippen LogP contribution in [0.3, 0.4) is 0 Å². The SMILES string of the molecule is CC(NCC(=O)Nc1ccc2c(c1)OCCO2)C(C)(C)C. The second-order valence-corrected chi connectivity index (χ2v) is 6.38. The maximum atomic E-state index is 12.0. The van der Waals surface area contributed by atoms with Crippen molar-refractivity contribution in [2.24, 2.45) is 5.41 Å². The van der Waals surface area contributed by atoms with Crippen LogP contribution in [0.5, 0.6) is 11.5 Å². The monoisotopic (exact) mass is 292 g/mol.